The standard InChI is InChI=1S/C12H14N2O3/c1-8-3-2-4-9(12(8)15)7-13-10-5-11(6-10)14(16)17/h2-4,7,10-11,15H,5-6H2,1H3. The van der Waals surface area contributed by atoms with Gasteiger partial charge in [0.25, 0.3) is 0 Å². The molecule has 1 aliphatic rings. The summed E-state index contributed by atoms with van der Waals surface area (Å²) < 4.78 is 0. The Morgan fingerprint density at radius 1 is 1.53 bits per heavy atom. The lowest BCUT2D eigenvalue weighted by Crippen LogP contribution is -2.38. The van der Waals surface area contributed by atoms with Crippen LogP contribution in [0.4, 0.5) is 0 Å². The Balaban J connectivity index is 1.98. The number of aliphatic imine (C=N–C) groups is 1. The van der Waals surface area contributed by atoms with Crippen molar-refractivity contribution in [3.05, 3.63) is 39.4 Å². The van der Waals surface area contributed by atoms with E-state index in [0.29, 0.717) is 18.4 Å². The van der Waals surface area contributed by atoms with E-state index in [1.54, 1.807) is 12.3 Å². The first-order valence-electron chi connectivity index (χ1n) is 5.53. The number of aryl methyl sites for hydroxylation is 1. The van der Waals surface area contributed by atoms with Crippen LogP contribution < -0.4 is 0 Å². The molecule has 0 unspecified atom stereocenters. The van der Waals surface area contributed by atoms with Crippen LogP contribution in [-0.2, 0) is 0 Å². The first-order valence-corrected chi connectivity index (χ1v) is 5.53. The molecular formula is C12H14N2O3. The molecule has 1 aromatic carbocycles. The third-order valence-electron chi connectivity index (χ3n) is 3.08. The lowest BCUT2D eigenvalue weighted by atomic mass is 9.88. The Kier molecular flexibility index (Phi) is 3.08. The Morgan fingerprint density at radius 3 is 2.88 bits per heavy atom. The number of aromatic hydroxyl groups is 1. The van der Waals surface area contributed by atoms with Crippen molar-refractivity contribution in [1.29, 1.82) is 0 Å². The number of benzene rings is 1. The highest BCUT2D eigenvalue weighted by Crippen LogP contribution is 2.26. The zero-order valence-electron chi connectivity index (χ0n) is 9.54. The highest BCUT2D eigenvalue weighted by molar-refractivity contribution is 5.84. The van der Waals surface area contributed by atoms with Crippen LogP contribution in [0.5, 0.6) is 5.75 Å². The zero-order valence-corrected chi connectivity index (χ0v) is 9.54. The minimum absolute atomic E-state index is 0.0188. The van der Waals surface area contributed by atoms with Crippen LogP contribution >= 0.6 is 0 Å². The first kappa shape index (κ1) is 11.6. The monoisotopic (exact) mass is 234 g/mol. The molecule has 1 saturated carbocycles. The summed E-state index contributed by atoms with van der Waals surface area (Å²) in [4.78, 5) is 14.4. The van der Waals surface area contributed by atoms with Crippen LogP contribution in [0.1, 0.15) is 24.0 Å². The van der Waals surface area contributed by atoms with Crippen molar-refractivity contribution in [1.82, 2.24) is 0 Å². The fraction of sp³-hybridized carbons (Fsp3) is 0.417. The number of phenols is 1. The van der Waals surface area contributed by atoms with E-state index in [9.17, 15) is 15.2 Å². The fourth-order valence-electron chi connectivity index (χ4n) is 1.82. The van der Waals surface area contributed by atoms with Crippen LogP contribution in [0.3, 0.4) is 0 Å². The molecule has 0 aromatic heterocycles. The van der Waals surface area contributed by atoms with Crippen molar-refractivity contribution in [3.8, 4) is 5.75 Å². The van der Waals surface area contributed by atoms with Gasteiger partial charge >= 0.3 is 0 Å². The molecule has 90 valence electrons. The number of hydrogen-bond acceptors (Lipinski definition) is 4. The molecular weight excluding hydrogens is 220 g/mol. The fourth-order valence-corrected chi connectivity index (χ4v) is 1.82. The third-order valence-corrected chi connectivity index (χ3v) is 3.08. The Hall–Kier alpha value is -1.91. The molecule has 0 bridgehead atoms. The molecule has 0 saturated heterocycles. The molecule has 1 aliphatic carbocycles. The van der Waals surface area contributed by atoms with Gasteiger partial charge in [0.05, 0.1) is 6.04 Å². The normalized spacial score (nSPS) is 23.6. The highest BCUT2D eigenvalue weighted by Gasteiger charge is 2.37. The average Bonchev–Trinajstić information content (AvgIpc) is 2.21. The second kappa shape index (κ2) is 4.53. The van der Waals surface area contributed by atoms with Crippen LogP contribution in [0, 0.1) is 17.0 Å². The molecule has 1 N–H and O–H groups in total. The lowest BCUT2D eigenvalue weighted by Gasteiger charge is -2.25. The molecule has 0 spiro atoms. The van der Waals surface area contributed by atoms with Crippen molar-refractivity contribution in [2.24, 2.45) is 4.99 Å². The maximum atomic E-state index is 10.4. The van der Waals surface area contributed by atoms with Gasteiger partial charge in [-0.3, -0.25) is 15.1 Å². The Bertz CT molecular complexity index is 465. The number of rotatable bonds is 3. The highest BCUT2D eigenvalue weighted by atomic mass is 16.6. The van der Waals surface area contributed by atoms with Gasteiger partial charge in [-0.2, -0.15) is 0 Å². The number of nitrogens with zero attached hydrogens (tertiary/aromatic N) is 2. The zero-order chi connectivity index (χ0) is 12.4. The van der Waals surface area contributed by atoms with Gasteiger partial charge in [-0.25, -0.2) is 0 Å². The summed E-state index contributed by atoms with van der Waals surface area (Å²) in [5.41, 5.74) is 1.46. The van der Waals surface area contributed by atoms with Crippen molar-refractivity contribution in [2.75, 3.05) is 0 Å². The molecule has 0 heterocycles. The smallest absolute Gasteiger partial charge is 0.217 e. The first-order chi connectivity index (χ1) is 8.08. The van der Waals surface area contributed by atoms with E-state index < -0.39 is 6.04 Å². The van der Waals surface area contributed by atoms with E-state index in [4.69, 9.17) is 0 Å². The van der Waals surface area contributed by atoms with Gasteiger partial charge in [0.1, 0.15) is 5.75 Å². The molecule has 5 heteroatoms. The third kappa shape index (κ3) is 2.43. The number of phenolic OH excluding ortho intramolecular Hbond substituents is 1. The molecule has 0 aliphatic heterocycles. The van der Waals surface area contributed by atoms with Crippen LogP contribution in [0.15, 0.2) is 23.2 Å². The van der Waals surface area contributed by atoms with E-state index in [1.807, 2.05) is 19.1 Å². The van der Waals surface area contributed by atoms with E-state index in [0.717, 1.165) is 5.56 Å². The van der Waals surface area contributed by atoms with Crippen LogP contribution in [0.2, 0.25) is 0 Å². The van der Waals surface area contributed by atoms with Gasteiger partial charge in [-0.15, -0.1) is 0 Å². The van der Waals surface area contributed by atoms with Crippen molar-refractivity contribution >= 4 is 6.21 Å². The second-order valence-electron chi connectivity index (χ2n) is 4.36. The predicted octanol–water partition coefficient (Wildman–Crippen LogP) is 1.93. The van der Waals surface area contributed by atoms with Gasteiger partial charge in [0.2, 0.25) is 6.04 Å². The quantitative estimate of drug-likeness (QED) is 0.493. The van der Waals surface area contributed by atoms with Crippen LogP contribution in [0.25, 0.3) is 0 Å². The molecule has 2 rings (SSSR count). The summed E-state index contributed by atoms with van der Waals surface area (Å²) in [5.74, 6) is 0.224. The SMILES string of the molecule is Cc1cccc(C=NC2CC([N+](=O)[O-])C2)c1O. The molecule has 0 radical (unpaired) electrons. The summed E-state index contributed by atoms with van der Waals surface area (Å²) in [5, 5.41) is 20.2. The van der Waals surface area contributed by atoms with Crippen molar-refractivity contribution < 1.29 is 10.0 Å². The van der Waals surface area contributed by atoms with Crippen molar-refractivity contribution in [2.45, 2.75) is 31.8 Å². The maximum Gasteiger partial charge on any atom is 0.217 e. The van der Waals surface area contributed by atoms with E-state index in [1.165, 1.54) is 0 Å². The average molecular weight is 234 g/mol. The van der Waals surface area contributed by atoms with Gasteiger partial charge in [0.15, 0.2) is 0 Å². The summed E-state index contributed by atoms with van der Waals surface area (Å²) in [6, 6.07) is 5.01. The molecule has 1 fully saturated rings. The number of nitro groups is 1. The minimum atomic E-state index is -0.441. The van der Waals surface area contributed by atoms with Gasteiger partial charge in [-0.1, -0.05) is 12.1 Å². The summed E-state index contributed by atoms with van der Waals surface area (Å²) in [7, 11) is 0. The maximum absolute atomic E-state index is 10.4. The molecule has 1 aromatic rings. The minimum Gasteiger partial charge on any atom is -0.507 e. The molecule has 0 amide bonds. The summed E-state index contributed by atoms with van der Waals surface area (Å²) >= 11 is 0. The molecule has 0 atom stereocenters. The van der Waals surface area contributed by atoms with Gasteiger partial charge < -0.3 is 5.11 Å². The predicted molar refractivity (Wildman–Crippen MR) is 64.2 cm³/mol. The Morgan fingerprint density at radius 2 is 2.24 bits per heavy atom. The van der Waals surface area contributed by atoms with Crippen molar-refractivity contribution in [3.63, 3.8) is 0 Å². The topological polar surface area (TPSA) is 75.7 Å². The summed E-state index contributed by atoms with van der Waals surface area (Å²) in [6.45, 7) is 1.82. The van der Waals surface area contributed by atoms with E-state index in [-0.39, 0.29) is 16.7 Å². The summed E-state index contributed by atoms with van der Waals surface area (Å²) in [6.07, 6.45) is 2.59. The second-order valence-corrected chi connectivity index (χ2v) is 4.36. The lowest BCUT2D eigenvalue weighted by molar-refractivity contribution is -0.537. The number of hydrogen-bond donors (Lipinski definition) is 1. The molecule has 17 heavy (non-hydrogen) atoms. The number of para-hydroxylation sites is 1. The van der Waals surface area contributed by atoms with Gasteiger partial charge in [-0.05, 0) is 18.6 Å². The van der Waals surface area contributed by atoms with E-state index in [2.05, 4.69) is 4.99 Å². The van der Waals surface area contributed by atoms with Crippen LogP contribution in [-0.4, -0.2) is 28.3 Å². The molecule has 5 nitrogen and oxygen atoms in total. The van der Waals surface area contributed by atoms with E-state index >= 15 is 0 Å². The Labute approximate surface area is 99.0 Å². The largest absolute Gasteiger partial charge is 0.507 e. The van der Waals surface area contributed by atoms with Gasteiger partial charge in [0, 0.05) is 29.5 Å².